The number of phenols is 1. The van der Waals surface area contributed by atoms with Gasteiger partial charge in [-0.1, -0.05) is 108 Å². The number of aromatic hydroxyl groups is 1. The molecule has 0 aliphatic rings. The van der Waals surface area contributed by atoms with Crippen LogP contribution in [0.3, 0.4) is 0 Å². The summed E-state index contributed by atoms with van der Waals surface area (Å²) in [6, 6.07) is 32.2. The van der Waals surface area contributed by atoms with Crippen molar-refractivity contribution in [2.45, 2.75) is 52.4 Å². The Bertz CT molecular complexity index is 2250. The lowest BCUT2D eigenvalue weighted by Gasteiger charge is -2.27. The maximum Gasteiger partial charge on any atom is 0.229 e. The molecular weight excluding hydrogens is 556 g/mol. The summed E-state index contributed by atoms with van der Waals surface area (Å²) in [4.78, 5) is 9.89. The van der Waals surface area contributed by atoms with Crippen molar-refractivity contribution in [2.24, 2.45) is 4.99 Å². The third-order valence-corrected chi connectivity index (χ3v) is 8.40. The van der Waals surface area contributed by atoms with Crippen molar-refractivity contribution in [3.05, 3.63) is 114 Å². The van der Waals surface area contributed by atoms with E-state index in [-0.39, 0.29) is 16.6 Å². The zero-order valence-corrected chi connectivity index (χ0v) is 26.5. The summed E-state index contributed by atoms with van der Waals surface area (Å²) in [7, 11) is 0. The number of fused-ring (bicyclic) bond motifs is 4. The van der Waals surface area contributed by atoms with Crippen LogP contribution in [0.1, 0.15) is 58.2 Å². The van der Waals surface area contributed by atoms with Gasteiger partial charge in [-0.2, -0.15) is 0 Å². The number of para-hydroxylation sites is 4. The second-order valence-corrected chi connectivity index (χ2v) is 13.7. The Morgan fingerprint density at radius 1 is 0.667 bits per heavy atom. The van der Waals surface area contributed by atoms with Crippen molar-refractivity contribution in [1.29, 1.82) is 0 Å². The summed E-state index contributed by atoms with van der Waals surface area (Å²) < 4.78 is 12.7. The number of rotatable bonds is 4. The minimum absolute atomic E-state index is 0.0865. The first-order valence-electron chi connectivity index (χ1n) is 15.3. The molecule has 0 unspecified atom stereocenters. The third-order valence-electron chi connectivity index (χ3n) is 8.40. The molecule has 7 rings (SSSR count). The molecule has 0 saturated carbocycles. The maximum absolute atomic E-state index is 11.3. The van der Waals surface area contributed by atoms with Crippen LogP contribution in [0.25, 0.3) is 55.6 Å². The van der Waals surface area contributed by atoms with Crippen molar-refractivity contribution >= 4 is 44.9 Å². The van der Waals surface area contributed by atoms with Gasteiger partial charge in [0.1, 0.15) is 22.4 Å². The molecule has 7 aromatic rings. The monoisotopic (exact) mass is 592 g/mol. The largest absolute Gasteiger partial charge is 0.507 e. The predicted molar refractivity (Wildman–Crippen MR) is 185 cm³/mol. The van der Waals surface area contributed by atoms with Crippen LogP contribution < -0.4 is 0 Å². The lowest BCUT2D eigenvalue weighted by molar-refractivity contribution is 0.444. The van der Waals surface area contributed by atoms with Crippen LogP contribution >= 0.6 is 0 Å². The number of aliphatic imine (C=N–C) groups is 1. The van der Waals surface area contributed by atoms with E-state index in [1.165, 1.54) is 0 Å². The van der Waals surface area contributed by atoms with E-state index in [1.807, 2.05) is 60.7 Å². The third kappa shape index (κ3) is 5.08. The molecule has 2 heterocycles. The van der Waals surface area contributed by atoms with Crippen LogP contribution in [0.15, 0.2) is 111 Å². The van der Waals surface area contributed by atoms with Crippen LogP contribution in [-0.4, -0.2) is 16.3 Å². The number of aromatic nitrogens is 1. The summed E-state index contributed by atoms with van der Waals surface area (Å²) in [5.41, 5.74) is 8.89. The smallest absolute Gasteiger partial charge is 0.229 e. The molecule has 0 bridgehead atoms. The molecule has 0 fully saturated rings. The van der Waals surface area contributed by atoms with E-state index in [1.54, 1.807) is 6.21 Å². The van der Waals surface area contributed by atoms with Gasteiger partial charge in [-0.3, -0.25) is 4.99 Å². The molecule has 0 saturated heterocycles. The van der Waals surface area contributed by atoms with E-state index < -0.39 is 0 Å². The van der Waals surface area contributed by atoms with Crippen LogP contribution in [0.5, 0.6) is 5.75 Å². The molecule has 0 aliphatic heterocycles. The highest BCUT2D eigenvalue weighted by Gasteiger charge is 2.25. The van der Waals surface area contributed by atoms with Gasteiger partial charge in [0.25, 0.3) is 0 Å². The van der Waals surface area contributed by atoms with Gasteiger partial charge in [0, 0.05) is 39.2 Å². The van der Waals surface area contributed by atoms with Crippen molar-refractivity contribution in [2.75, 3.05) is 0 Å². The second-order valence-electron chi connectivity index (χ2n) is 13.7. The Labute approximate surface area is 262 Å². The zero-order chi connectivity index (χ0) is 31.5. The summed E-state index contributed by atoms with van der Waals surface area (Å²) in [6.07, 6.45) is 1.75. The molecular formula is C40H36N2O3. The molecule has 0 amide bonds. The molecule has 0 atom stereocenters. The van der Waals surface area contributed by atoms with Gasteiger partial charge in [-0.25, -0.2) is 4.98 Å². The standard InChI is InChI=1S/C40H36N2O3/c1-39(2,3)25-21-24(36(43)31(22-25)40(4,5)6)23-41-32-18-9-7-14-30(32)38-42-35-27(15-12-20-34(35)45-38)29-17-11-16-28-26-13-8-10-19-33(26)44-37(28)29/h7-23,43H,1-6H3. The van der Waals surface area contributed by atoms with Crippen LogP contribution in [0.4, 0.5) is 5.69 Å². The molecule has 45 heavy (non-hydrogen) atoms. The van der Waals surface area contributed by atoms with E-state index in [2.05, 4.69) is 77.9 Å². The lowest BCUT2D eigenvalue weighted by Crippen LogP contribution is -2.17. The number of benzene rings is 5. The topological polar surface area (TPSA) is 71.8 Å². The van der Waals surface area contributed by atoms with Crippen molar-refractivity contribution in [1.82, 2.24) is 4.98 Å². The molecule has 0 aliphatic carbocycles. The molecule has 1 N–H and O–H groups in total. The molecule has 2 aromatic heterocycles. The normalized spacial score (nSPS) is 12.7. The van der Waals surface area contributed by atoms with Gasteiger partial charge in [0.2, 0.25) is 5.89 Å². The van der Waals surface area contributed by atoms with E-state index in [0.717, 1.165) is 55.3 Å². The van der Waals surface area contributed by atoms with Gasteiger partial charge in [-0.05, 0) is 46.7 Å². The van der Waals surface area contributed by atoms with Gasteiger partial charge >= 0.3 is 0 Å². The average Bonchev–Trinajstić information content (AvgIpc) is 3.61. The van der Waals surface area contributed by atoms with E-state index >= 15 is 0 Å². The number of hydrogen-bond donors (Lipinski definition) is 1. The number of nitrogens with zero attached hydrogens (tertiary/aromatic N) is 2. The first-order valence-corrected chi connectivity index (χ1v) is 15.3. The molecule has 0 radical (unpaired) electrons. The van der Waals surface area contributed by atoms with Gasteiger partial charge in [0.05, 0.1) is 11.3 Å². The van der Waals surface area contributed by atoms with Crippen molar-refractivity contribution in [3.8, 4) is 28.3 Å². The molecule has 224 valence electrons. The summed E-state index contributed by atoms with van der Waals surface area (Å²) in [5, 5.41) is 13.5. The fourth-order valence-electron chi connectivity index (χ4n) is 5.91. The van der Waals surface area contributed by atoms with Gasteiger partial charge < -0.3 is 13.9 Å². The summed E-state index contributed by atoms with van der Waals surface area (Å²) in [6.45, 7) is 12.9. The fourth-order valence-corrected chi connectivity index (χ4v) is 5.91. The molecule has 5 nitrogen and oxygen atoms in total. The van der Waals surface area contributed by atoms with Crippen LogP contribution in [0.2, 0.25) is 0 Å². The first-order chi connectivity index (χ1) is 21.5. The number of hydrogen-bond acceptors (Lipinski definition) is 5. The minimum Gasteiger partial charge on any atom is -0.507 e. The maximum atomic E-state index is 11.3. The number of phenolic OH excluding ortho intramolecular Hbond substituents is 1. The summed E-state index contributed by atoms with van der Waals surface area (Å²) in [5.74, 6) is 0.730. The van der Waals surface area contributed by atoms with Gasteiger partial charge in [0.15, 0.2) is 5.58 Å². The fraction of sp³-hybridized carbons (Fsp3) is 0.200. The first kappa shape index (κ1) is 28.6. The summed E-state index contributed by atoms with van der Waals surface area (Å²) >= 11 is 0. The van der Waals surface area contributed by atoms with Crippen LogP contribution in [-0.2, 0) is 10.8 Å². The SMILES string of the molecule is CC(C)(C)c1cc(C=Nc2ccccc2-c2nc3c(-c4cccc5c4oc4ccccc45)cccc3o2)c(O)c(C(C)(C)C)c1. The number of furan rings is 1. The van der Waals surface area contributed by atoms with Gasteiger partial charge in [-0.15, -0.1) is 0 Å². The lowest BCUT2D eigenvalue weighted by atomic mass is 9.79. The molecule has 5 heteroatoms. The highest BCUT2D eigenvalue weighted by molar-refractivity contribution is 6.11. The quantitative estimate of drug-likeness (QED) is 0.206. The van der Waals surface area contributed by atoms with Crippen molar-refractivity contribution in [3.63, 3.8) is 0 Å². The Morgan fingerprint density at radius 2 is 1.33 bits per heavy atom. The minimum atomic E-state index is -0.228. The van der Waals surface area contributed by atoms with Crippen molar-refractivity contribution < 1.29 is 13.9 Å². The Morgan fingerprint density at radius 3 is 2.13 bits per heavy atom. The molecule has 5 aromatic carbocycles. The Hall–Kier alpha value is -5.16. The Kier molecular flexibility index (Phi) is 6.66. The van der Waals surface area contributed by atoms with E-state index in [9.17, 15) is 5.11 Å². The molecule has 0 spiro atoms. The van der Waals surface area contributed by atoms with Crippen LogP contribution in [0, 0.1) is 0 Å². The van der Waals surface area contributed by atoms with E-state index in [0.29, 0.717) is 22.7 Å². The highest BCUT2D eigenvalue weighted by Crippen LogP contribution is 2.41. The predicted octanol–water partition coefficient (Wildman–Crippen LogP) is 11.1. The average molecular weight is 593 g/mol. The number of oxazole rings is 1. The Balaban J connectivity index is 1.33. The highest BCUT2D eigenvalue weighted by atomic mass is 16.3. The second kappa shape index (κ2) is 10.5. The van der Waals surface area contributed by atoms with E-state index in [4.69, 9.17) is 18.8 Å². The zero-order valence-electron chi connectivity index (χ0n) is 26.5.